The highest BCUT2D eigenvalue weighted by atomic mass is 32.2. The van der Waals surface area contributed by atoms with E-state index in [1.54, 1.807) is 24.2 Å². The molecule has 1 aliphatic rings. The molecule has 0 N–H and O–H groups in total. The van der Waals surface area contributed by atoms with Gasteiger partial charge in [-0.25, -0.2) is 14.4 Å². The molecule has 0 aromatic carbocycles. The van der Waals surface area contributed by atoms with Crippen LogP contribution in [0.4, 0.5) is 4.39 Å². The van der Waals surface area contributed by atoms with Gasteiger partial charge in [0.25, 0.3) is 0 Å². The summed E-state index contributed by atoms with van der Waals surface area (Å²) >= 11 is 1.54. The molecule has 1 aromatic rings. The first-order chi connectivity index (χ1) is 9.75. The molecule has 21 heavy (non-hydrogen) atoms. The van der Waals surface area contributed by atoms with Gasteiger partial charge in [-0.05, 0) is 39.5 Å². The first kappa shape index (κ1) is 16.5. The highest BCUT2D eigenvalue weighted by Gasteiger charge is 2.53. The Labute approximate surface area is 129 Å². The topological polar surface area (TPSA) is 44.2 Å². The van der Waals surface area contributed by atoms with Crippen LogP contribution >= 0.6 is 11.8 Å². The van der Waals surface area contributed by atoms with Crippen molar-refractivity contribution < 1.29 is 13.7 Å². The van der Waals surface area contributed by atoms with Crippen molar-refractivity contribution in [3.63, 3.8) is 0 Å². The zero-order valence-corrected chi connectivity index (χ0v) is 13.8. The summed E-state index contributed by atoms with van der Waals surface area (Å²) in [6, 6.07) is 0. The second-order valence-electron chi connectivity index (χ2n) is 5.85. The summed E-state index contributed by atoms with van der Waals surface area (Å²) in [6.07, 6.45) is 4.54. The number of hydrogen-bond donors (Lipinski definition) is 0. The van der Waals surface area contributed by atoms with Crippen molar-refractivity contribution in [2.24, 2.45) is 0 Å². The molecule has 1 aromatic heterocycles. The molecular formula is C14H20BFN2O2S. The Morgan fingerprint density at radius 2 is 1.76 bits per heavy atom. The molecule has 1 aliphatic heterocycles. The van der Waals surface area contributed by atoms with Crippen molar-refractivity contribution in [3.05, 3.63) is 23.7 Å². The normalized spacial score (nSPS) is 20.9. The van der Waals surface area contributed by atoms with Crippen molar-refractivity contribution in [2.45, 2.75) is 51.0 Å². The maximum Gasteiger partial charge on any atom is 0.525 e. The lowest BCUT2D eigenvalue weighted by Crippen LogP contribution is -2.41. The summed E-state index contributed by atoms with van der Waals surface area (Å²) in [5.74, 6) is 0.900. The summed E-state index contributed by atoms with van der Waals surface area (Å²) in [7, 11) is -0.986. The molecule has 1 fully saturated rings. The predicted molar refractivity (Wildman–Crippen MR) is 83.6 cm³/mol. The molecular weight excluding hydrogens is 290 g/mol. The summed E-state index contributed by atoms with van der Waals surface area (Å²) < 4.78 is 25.6. The van der Waals surface area contributed by atoms with E-state index in [1.807, 2.05) is 34.6 Å². The Balaban J connectivity index is 2.11. The van der Waals surface area contributed by atoms with Crippen molar-refractivity contribution in [2.75, 3.05) is 5.75 Å². The standard InChI is InChI=1S/C14H20BFN2O2S/c1-6-21-12-17-8-10(9-18-12)7-11(16)15-19-13(2,3)14(4,5)20-15/h7-9H,6H2,1-5H3. The fourth-order valence-corrected chi connectivity index (χ4v) is 2.30. The quantitative estimate of drug-likeness (QED) is 0.483. The molecule has 2 heterocycles. The Hall–Kier alpha value is -0.915. The Morgan fingerprint density at radius 3 is 2.24 bits per heavy atom. The summed E-state index contributed by atoms with van der Waals surface area (Å²) in [6.45, 7) is 9.58. The minimum absolute atomic E-state index is 0.479. The van der Waals surface area contributed by atoms with E-state index in [9.17, 15) is 4.39 Å². The van der Waals surface area contributed by atoms with Crippen LogP contribution in [-0.4, -0.2) is 34.0 Å². The van der Waals surface area contributed by atoms with Crippen LogP contribution in [0.5, 0.6) is 0 Å². The molecule has 2 rings (SSSR count). The SMILES string of the molecule is CCSc1ncc(C=C(F)B2OC(C)(C)C(C)(C)O2)cn1. The molecule has 114 valence electrons. The minimum atomic E-state index is -0.986. The molecule has 7 heteroatoms. The summed E-state index contributed by atoms with van der Waals surface area (Å²) in [5, 5.41) is 0.686. The van der Waals surface area contributed by atoms with Gasteiger partial charge in [0.05, 0.1) is 11.2 Å². The van der Waals surface area contributed by atoms with Gasteiger partial charge in [0.2, 0.25) is 0 Å². The van der Waals surface area contributed by atoms with Crippen LogP contribution in [0, 0.1) is 0 Å². The molecule has 0 atom stereocenters. The van der Waals surface area contributed by atoms with Crippen molar-refractivity contribution in [1.29, 1.82) is 0 Å². The highest BCUT2D eigenvalue weighted by Crippen LogP contribution is 2.39. The highest BCUT2D eigenvalue weighted by molar-refractivity contribution is 7.99. The Kier molecular flexibility index (Phi) is 4.75. The second kappa shape index (κ2) is 6.06. The molecule has 1 saturated heterocycles. The van der Waals surface area contributed by atoms with E-state index in [4.69, 9.17) is 9.31 Å². The van der Waals surface area contributed by atoms with Gasteiger partial charge >= 0.3 is 7.12 Å². The largest absolute Gasteiger partial charge is 0.525 e. The molecule has 0 spiro atoms. The number of aromatic nitrogens is 2. The fourth-order valence-electron chi connectivity index (χ4n) is 1.79. The maximum absolute atomic E-state index is 14.3. The van der Waals surface area contributed by atoms with E-state index in [0.717, 1.165) is 5.75 Å². The van der Waals surface area contributed by atoms with Gasteiger partial charge < -0.3 is 9.31 Å². The third kappa shape index (κ3) is 3.65. The zero-order chi connectivity index (χ0) is 15.7. The van der Waals surface area contributed by atoms with Gasteiger partial charge in [0, 0.05) is 18.0 Å². The zero-order valence-electron chi connectivity index (χ0n) is 13.0. The van der Waals surface area contributed by atoms with Gasteiger partial charge in [-0.3, -0.25) is 0 Å². The summed E-state index contributed by atoms with van der Waals surface area (Å²) in [5.41, 5.74) is -1.00. The van der Waals surface area contributed by atoms with E-state index < -0.39 is 24.0 Å². The van der Waals surface area contributed by atoms with Crippen LogP contribution in [0.2, 0.25) is 0 Å². The predicted octanol–water partition coefficient (Wildman–Crippen LogP) is 3.53. The molecule has 0 saturated carbocycles. The third-order valence-corrected chi connectivity index (χ3v) is 4.46. The van der Waals surface area contributed by atoms with Crippen LogP contribution in [0.3, 0.4) is 0 Å². The number of thioether (sulfide) groups is 1. The first-order valence-corrected chi connectivity index (χ1v) is 7.91. The lowest BCUT2D eigenvalue weighted by atomic mass is 9.87. The average molecular weight is 310 g/mol. The lowest BCUT2D eigenvalue weighted by Gasteiger charge is -2.32. The average Bonchev–Trinajstić information content (AvgIpc) is 2.61. The minimum Gasteiger partial charge on any atom is -0.398 e. The van der Waals surface area contributed by atoms with E-state index in [-0.39, 0.29) is 0 Å². The van der Waals surface area contributed by atoms with Crippen molar-refractivity contribution in [1.82, 2.24) is 9.97 Å². The van der Waals surface area contributed by atoms with Crippen LogP contribution in [-0.2, 0) is 9.31 Å². The third-order valence-electron chi connectivity index (χ3n) is 3.70. The van der Waals surface area contributed by atoms with Gasteiger partial charge in [0.1, 0.15) is 5.73 Å². The fraction of sp³-hybridized carbons (Fsp3) is 0.571. The van der Waals surface area contributed by atoms with Crippen LogP contribution in [0.1, 0.15) is 40.2 Å². The smallest absolute Gasteiger partial charge is 0.398 e. The molecule has 4 nitrogen and oxygen atoms in total. The molecule has 0 aliphatic carbocycles. The number of halogens is 1. The maximum atomic E-state index is 14.3. The van der Waals surface area contributed by atoms with Crippen LogP contribution < -0.4 is 0 Å². The summed E-state index contributed by atoms with van der Waals surface area (Å²) in [4.78, 5) is 8.33. The van der Waals surface area contributed by atoms with Gasteiger partial charge in [-0.2, -0.15) is 0 Å². The molecule has 0 bridgehead atoms. The van der Waals surface area contributed by atoms with E-state index >= 15 is 0 Å². The second-order valence-corrected chi connectivity index (χ2v) is 7.08. The number of nitrogens with zero attached hydrogens (tertiary/aromatic N) is 2. The van der Waals surface area contributed by atoms with E-state index in [0.29, 0.717) is 10.7 Å². The lowest BCUT2D eigenvalue weighted by molar-refractivity contribution is 0.00578. The molecule has 0 amide bonds. The molecule has 0 unspecified atom stereocenters. The van der Waals surface area contributed by atoms with Crippen LogP contribution in [0.15, 0.2) is 23.3 Å². The Bertz CT molecular complexity index is 518. The molecule has 0 radical (unpaired) electrons. The van der Waals surface area contributed by atoms with E-state index in [1.165, 1.54) is 6.08 Å². The van der Waals surface area contributed by atoms with Gasteiger partial charge in [-0.1, -0.05) is 18.7 Å². The first-order valence-electron chi connectivity index (χ1n) is 6.93. The van der Waals surface area contributed by atoms with Gasteiger partial charge in [-0.15, -0.1) is 0 Å². The van der Waals surface area contributed by atoms with Crippen molar-refractivity contribution >= 4 is 25.0 Å². The number of hydrogen-bond acceptors (Lipinski definition) is 5. The van der Waals surface area contributed by atoms with Crippen LogP contribution in [0.25, 0.3) is 6.08 Å². The van der Waals surface area contributed by atoms with Crippen molar-refractivity contribution in [3.8, 4) is 0 Å². The van der Waals surface area contributed by atoms with Gasteiger partial charge in [0.15, 0.2) is 5.16 Å². The number of rotatable bonds is 4. The Morgan fingerprint density at radius 1 is 1.24 bits per heavy atom. The monoisotopic (exact) mass is 310 g/mol. The van der Waals surface area contributed by atoms with E-state index in [2.05, 4.69) is 9.97 Å².